The van der Waals surface area contributed by atoms with E-state index in [-0.39, 0.29) is 5.39 Å². The van der Waals surface area contributed by atoms with Gasteiger partial charge >= 0.3 is 0 Å². The highest BCUT2D eigenvalue weighted by atomic mass is 35.5. The van der Waals surface area contributed by atoms with Gasteiger partial charge in [-0.1, -0.05) is 48.0 Å². The number of fused-ring (bicyclic) bond motifs is 1. The molecule has 1 N–H and O–H groups in total. The minimum atomic E-state index is -0.450. The monoisotopic (exact) mass is 391 g/mol. The van der Waals surface area contributed by atoms with Crippen LogP contribution in [0, 0.1) is 0 Å². The summed E-state index contributed by atoms with van der Waals surface area (Å²) in [6, 6.07) is 16.4. The summed E-state index contributed by atoms with van der Waals surface area (Å²) in [4.78, 5) is 29.0. The summed E-state index contributed by atoms with van der Waals surface area (Å²) in [6.45, 7) is 0. The van der Waals surface area contributed by atoms with Crippen molar-refractivity contribution in [3.63, 3.8) is 0 Å². The van der Waals surface area contributed by atoms with Gasteiger partial charge in [-0.2, -0.15) is 5.10 Å². The molecular formula is C20H14ClN5O2. The van der Waals surface area contributed by atoms with Gasteiger partial charge in [0.2, 0.25) is 0 Å². The summed E-state index contributed by atoms with van der Waals surface area (Å²) >= 11 is 6.02. The van der Waals surface area contributed by atoms with Crippen LogP contribution in [-0.4, -0.2) is 25.3 Å². The zero-order chi connectivity index (χ0) is 19.5. The predicted octanol–water partition coefficient (Wildman–Crippen LogP) is 3.02. The number of amides is 1. The fraction of sp³-hybridized carbons (Fsp3) is 0. The SMILES string of the molecule is O=C(C=Cc1ccccc1)Nn1cnc2c(cnn2-c2cccc(Cl)c2)c1=O. The van der Waals surface area contributed by atoms with Crippen LogP contribution in [-0.2, 0) is 4.79 Å². The fourth-order valence-corrected chi connectivity index (χ4v) is 2.86. The molecule has 0 bridgehead atoms. The third-order valence-electron chi connectivity index (χ3n) is 4.00. The van der Waals surface area contributed by atoms with Crippen molar-refractivity contribution in [2.24, 2.45) is 0 Å². The van der Waals surface area contributed by atoms with Gasteiger partial charge in [0.25, 0.3) is 11.5 Å². The van der Waals surface area contributed by atoms with Gasteiger partial charge < -0.3 is 0 Å². The van der Waals surface area contributed by atoms with E-state index in [1.54, 1.807) is 24.3 Å². The van der Waals surface area contributed by atoms with Crippen LogP contribution in [0.25, 0.3) is 22.8 Å². The van der Waals surface area contributed by atoms with E-state index in [1.165, 1.54) is 23.3 Å². The molecule has 0 spiro atoms. The van der Waals surface area contributed by atoms with Crippen LogP contribution in [0.2, 0.25) is 5.02 Å². The Balaban J connectivity index is 1.61. The van der Waals surface area contributed by atoms with Gasteiger partial charge in [0.1, 0.15) is 11.7 Å². The fourth-order valence-electron chi connectivity index (χ4n) is 2.68. The van der Waals surface area contributed by atoms with Crippen molar-refractivity contribution < 1.29 is 4.79 Å². The van der Waals surface area contributed by atoms with E-state index >= 15 is 0 Å². The van der Waals surface area contributed by atoms with Crippen molar-refractivity contribution >= 4 is 34.6 Å². The number of aromatic nitrogens is 4. The van der Waals surface area contributed by atoms with Crippen LogP contribution in [0.4, 0.5) is 0 Å². The Morgan fingerprint density at radius 1 is 1.11 bits per heavy atom. The van der Waals surface area contributed by atoms with Crippen molar-refractivity contribution in [2.75, 3.05) is 5.43 Å². The molecule has 4 rings (SSSR count). The number of benzene rings is 2. The normalized spacial score (nSPS) is 11.2. The maximum Gasteiger partial charge on any atom is 0.283 e. The quantitative estimate of drug-likeness (QED) is 0.542. The van der Waals surface area contributed by atoms with Crippen molar-refractivity contribution in [2.45, 2.75) is 0 Å². The first-order valence-electron chi connectivity index (χ1n) is 8.37. The highest BCUT2D eigenvalue weighted by Gasteiger charge is 2.12. The predicted molar refractivity (Wildman–Crippen MR) is 108 cm³/mol. The summed E-state index contributed by atoms with van der Waals surface area (Å²) in [5.74, 6) is -0.450. The molecule has 0 aliphatic carbocycles. The third-order valence-corrected chi connectivity index (χ3v) is 4.23. The molecule has 2 aromatic carbocycles. The lowest BCUT2D eigenvalue weighted by Gasteiger charge is -2.06. The summed E-state index contributed by atoms with van der Waals surface area (Å²) in [6.07, 6.45) is 5.67. The van der Waals surface area contributed by atoms with Crippen LogP contribution in [0.1, 0.15) is 5.56 Å². The second kappa shape index (κ2) is 7.50. The van der Waals surface area contributed by atoms with Crippen LogP contribution >= 0.6 is 11.6 Å². The Hall–Kier alpha value is -3.71. The van der Waals surface area contributed by atoms with E-state index in [1.807, 2.05) is 36.4 Å². The number of halogens is 1. The van der Waals surface area contributed by atoms with Gasteiger partial charge in [0, 0.05) is 11.1 Å². The Morgan fingerprint density at radius 2 is 1.93 bits per heavy atom. The number of carbonyl (C=O) groups excluding carboxylic acids is 1. The molecule has 8 heteroatoms. The van der Waals surface area contributed by atoms with Crippen molar-refractivity contribution in [1.82, 2.24) is 19.4 Å². The lowest BCUT2D eigenvalue weighted by Crippen LogP contribution is -2.32. The zero-order valence-electron chi connectivity index (χ0n) is 14.5. The summed E-state index contributed by atoms with van der Waals surface area (Å²) in [7, 11) is 0. The molecule has 0 unspecified atom stereocenters. The Morgan fingerprint density at radius 3 is 2.71 bits per heavy atom. The van der Waals surface area contributed by atoms with Crippen molar-refractivity contribution in [3.05, 3.63) is 94.1 Å². The molecule has 0 saturated heterocycles. The van der Waals surface area contributed by atoms with Crippen molar-refractivity contribution in [1.29, 1.82) is 0 Å². The lowest BCUT2D eigenvalue weighted by molar-refractivity contribution is -0.112. The average molecular weight is 392 g/mol. The maximum absolute atomic E-state index is 12.7. The van der Waals surface area contributed by atoms with Crippen LogP contribution in [0.3, 0.4) is 0 Å². The molecule has 28 heavy (non-hydrogen) atoms. The minimum Gasteiger partial charge on any atom is -0.268 e. The first-order chi connectivity index (χ1) is 13.6. The lowest BCUT2D eigenvalue weighted by atomic mass is 10.2. The Kier molecular flexibility index (Phi) is 4.74. The van der Waals surface area contributed by atoms with Gasteiger partial charge in [-0.25, -0.2) is 14.3 Å². The number of hydrogen-bond donors (Lipinski definition) is 1. The molecule has 2 aromatic heterocycles. The molecule has 0 radical (unpaired) electrons. The molecule has 4 aromatic rings. The van der Waals surface area contributed by atoms with E-state index in [9.17, 15) is 9.59 Å². The Labute approximate surface area is 164 Å². The summed E-state index contributed by atoms with van der Waals surface area (Å²) < 4.78 is 2.55. The van der Waals surface area contributed by atoms with Gasteiger partial charge in [-0.3, -0.25) is 15.0 Å². The number of rotatable bonds is 4. The van der Waals surface area contributed by atoms with E-state index in [4.69, 9.17) is 11.6 Å². The maximum atomic E-state index is 12.7. The molecule has 0 saturated carbocycles. The van der Waals surface area contributed by atoms with Gasteiger partial charge in [0.15, 0.2) is 5.65 Å². The minimum absolute atomic E-state index is 0.273. The molecule has 0 aliphatic rings. The van der Waals surface area contributed by atoms with Gasteiger partial charge in [0.05, 0.1) is 11.9 Å². The molecule has 1 amide bonds. The van der Waals surface area contributed by atoms with E-state index in [2.05, 4.69) is 15.5 Å². The average Bonchev–Trinajstić information content (AvgIpc) is 3.14. The zero-order valence-corrected chi connectivity index (χ0v) is 15.2. The number of carbonyl (C=O) groups is 1. The van der Waals surface area contributed by atoms with Gasteiger partial charge in [-0.05, 0) is 29.8 Å². The first-order valence-corrected chi connectivity index (χ1v) is 8.75. The molecule has 7 nitrogen and oxygen atoms in total. The van der Waals surface area contributed by atoms with E-state index in [0.29, 0.717) is 16.4 Å². The Bertz CT molecular complexity index is 1240. The standard InChI is InChI=1S/C20H14ClN5O2/c21-15-7-4-8-16(11-15)26-19-17(12-23-26)20(28)25(13-22-19)24-18(27)10-9-14-5-2-1-3-6-14/h1-13H,(H,24,27). The molecule has 0 atom stereocenters. The number of hydrogen-bond acceptors (Lipinski definition) is 4. The number of nitrogens with zero attached hydrogens (tertiary/aromatic N) is 4. The third kappa shape index (κ3) is 3.56. The second-order valence-electron chi connectivity index (χ2n) is 5.91. The molecule has 2 heterocycles. The van der Waals surface area contributed by atoms with Gasteiger partial charge in [-0.15, -0.1) is 0 Å². The highest BCUT2D eigenvalue weighted by molar-refractivity contribution is 6.30. The smallest absolute Gasteiger partial charge is 0.268 e. The van der Waals surface area contributed by atoms with Crippen molar-refractivity contribution in [3.8, 4) is 5.69 Å². The number of nitrogens with one attached hydrogen (secondary N) is 1. The second-order valence-corrected chi connectivity index (χ2v) is 6.35. The van der Waals surface area contributed by atoms with E-state index in [0.717, 1.165) is 10.2 Å². The van der Waals surface area contributed by atoms with E-state index < -0.39 is 11.5 Å². The molecule has 0 fully saturated rings. The highest BCUT2D eigenvalue weighted by Crippen LogP contribution is 2.17. The van der Waals surface area contributed by atoms with Crippen LogP contribution in [0.5, 0.6) is 0 Å². The molecule has 0 aliphatic heterocycles. The van der Waals surface area contributed by atoms with Crippen LogP contribution in [0.15, 0.2) is 78.0 Å². The summed E-state index contributed by atoms with van der Waals surface area (Å²) in [5, 5.41) is 5.04. The topological polar surface area (TPSA) is 81.8 Å². The largest absolute Gasteiger partial charge is 0.283 e. The summed E-state index contributed by atoms with van der Waals surface area (Å²) in [5.41, 5.74) is 3.99. The first kappa shape index (κ1) is 17.7. The van der Waals surface area contributed by atoms with Crippen LogP contribution < -0.4 is 11.0 Å². The molecule has 138 valence electrons. The molecular weight excluding hydrogens is 378 g/mol.